The Labute approximate surface area is 127 Å². The molecule has 0 aliphatic carbocycles. The van der Waals surface area contributed by atoms with Gasteiger partial charge in [0.2, 0.25) is 5.91 Å². The number of rotatable bonds is 2. The van der Waals surface area contributed by atoms with Crippen molar-refractivity contribution in [2.75, 3.05) is 25.4 Å². The minimum atomic E-state index is -3.11. The molecule has 122 valence electrons. The summed E-state index contributed by atoms with van der Waals surface area (Å²) < 4.78 is 29.0. The van der Waals surface area contributed by atoms with Gasteiger partial charge in [-0.2, -0.15) is 0 Å². The van der Waals surface area contributed by atoms with Gasteiger partial charge >= 0.3 is 0 Å². The van der Waals surface area contributed by atoms with Gasteiger partial charge in [-0.3, -0.25) is 4.79 Å². The van der Waals surface area contributed by atoms with Gasteiger partial charge in [-0.25, -0.2) is 8.42 Å². The summed E-state index contributed by atoms with van der Waals surface area (Å²) in [5.41, 5.74) is 0. The first kappa shape index (κ1) is 16.7. The van der Waals surface area contributed by atoms with E-state index in [1.54, 1.807) is 18.7 Å². The number of nitrogens with zero attached hydrogens (tertiary/aromatic N) is 1. The maximum Gasteiger partial charge on any atom is 0.228 e. The Bertz CT molecular complexity index is 498. The molecule has 0 aromatic carbocycles. The summed E-state index contributed by atoms with van der Waals surface area (Å²) in [5.74, 6) is 0.290. The van der Waals surface area contributed by atoms with Crippen LogP contribution in [0.5, 0.6) is 0 Å². The molecular formula is C15H27NO4S. The molecule has 0 aromatic heterocycles. The Balaban J connectivity index is 2.13. The molecule has 0 unspecified atom stereocenters. The Morgan fingerprint density at radius 1 is 1.33 bits per heavy atom. The van der Waals surface area contributed by atoms with Crippen LogP contribution in [0.15, 0.2) is 0 Å². The van der Waals surface area contributed by atoms with Crippen LogP contribution in [-0.2, 0) is 19.4 Å². The first-order valence-corrected chi connectivity index (χ1v) is 9.43. The number of ether oxygens (including phenoxy) is 1. The number of hydrogen-bond acceptors (Lipinski definition) is 4. The van der Waals surface area contributed by atoms with Gasteiger partial charge in [-0.05, 0) is 32.6 Å². The zero-order valence-corrected chi connectivity index (χ0v) is 14.3. The Hall–Kier alpha value is -0.620. The fourth-order valence-corrected chi connectivity index (χ4v) is 4.66. The van der Waals surface area contributed by atoms with Gasteiger partial charge in [0, 0.05) is 19.7 Å². The van der Waals surface area contributed by atoms with E-state index in [1.807, 2.05) is 0 Å². The predicted molar refractivity (Wildman–Crippen MR) is 81.7 cm³/mol. The van der Waals surface area contributed by atoms with Gasteiger partial charge in [0.15, 0.2) is 9.84 Å². The molecule has 2 atom stereocenters. The van der Waals surface area contributed by atoms with E-state index in [4.69, 9.17) is 4.74 Å². The number of amides is 1. The maximum atomic E-state index is 12.8. The van der Waals surface area contributed by atoms with Gasteiger partial charge < -0.3 is 9.64 Å². The Morgan fingerprint density at radius 3 is 2.57 bits per heavy atom. The quantitative estimate of drug-likeness (QED) is 0.774. The van der Waals surface area contributed by atoms with Crippen LogP contribution >= 0.6 is 0 Å². The molecule has 0 N–H and O–H groups in total. The van der Waals surface area contributed by atoms with Crippen LogP contribution in [0.1, 0.15) is 40.5 Å². The third kappa shape index (κ3) is 3.26. The van der Waals surface area contributed by atoms with Crippen molar-refractivity contribution in [1.29, 1.82) is 0 Å². The van der Waals surface area contributed by atoms with Crippen LogP contribution in [0, 0.1) is 11.8 Å². The number of carbonyl (C=O) groups is 1. The third-order valence-electron chi connectivity index (χ3n) is 4.70. The molecule has 0 saturated carbocycles. The summed E-state index contributed by atoms with van der Waals surface area (Å²) in [7, 11) is -3.11. The van der Waals surface area contributed by atoms with E-state index in [-0.39, 0.29) is 30.2 Å². The molecule has 0 radical (unpaired) electrons. The molecule has 6 heteroatoms. The normalized spacial score (nSPS) is 32.1. The zero-order chi connectivity index (χ0) is 15.8. The van der Waals surface area contributed by atoms with Crippen LogP contribution in [-0.4, -0.2) is 55.5 Å². The van der Waals surface area contributed by atoms with E-state index in [9.17, 15) is 13.2 Å². The van der Waals surface area contributed by atoms with E-state index in [1.165, 1.54) is 0 Å². The summed E-state index contributed by atoms with van der Waals surface area (Å²) in [6.07, 6.45) is 1.69. The standard InChI is InChI=1S/C15H27NO4S/c1-11(2)13-12(6-5-8-20-13)14(17)16-7-9-21(18,19)15(3,4)10-16/h11-13H,5-10H2,1-4H3/t12-,13+/m0/s1. The van der Waals surface area contributed by atoms with Crippen molar-refractivity contribution in [2.24, 2.45) is 11.8 Å². The third-order valence-corrected chi connectivity index (χ3v) is 7.23. The van der Waals surface area contributed by atoms with Crippen molar-refractivity contribution in [3.63, 3.8) is 0 Å². The summed E-state index contributed by atoms with van der Waals surface area (Å²) in [6.45, 7) is 8.87. The molecule has 5 nitrogen and oxygen atoms in total. The highest BCUT2D eigenvalue weighted by Gasteiger charge is 2.44. The van der Waals surface area contributed by atoms with Gasteiger partial charge in [-0.15, -0.1) is 0 Å². The lowest BCUT2D eigenvalue weighted by Gasteiger charge is -2.41. The highest BCUT2D eigenvalue weighted by Crippen LogP contribution is 2.31. The van der Waals surface area contributed by atoms with Crippen molar-refractivity contribution < 1.29 is 17.9 Å². The largest absolute Gasteiger partial charge is 0.377 e. The maximum absolute atomic E-state index is 12.8. The molecule has 1 amide bonds. The molecular weight excluding hydrogens is 290 g/mol. The van der Waals surface area contributed by atoms with Gasteiger partial charge in [-0.1, -0.05) is 13.8 Å². The molecule has 2 heterocycles. The lowest BCUT2D eigenvalue weighted by molar-refractivity contribution is -0.148. The minimum Gasteiger partial charge on any atom is -0.377 e. The van der Waals surface area contributed by atoms with E-state index >= 15 is 0 Å². The first-order chi connectivity index (χ1) is 9.66. The number of hydrogen-bond donors (Lipinski definition) is 0. The molecule has 0 aromatic rings. The predicted octanol–water partition coefficient (Wildman–Crippen LogP) is 1.47. The molecule has 2 saturated heterocycles. The monoisotopic (exact) mass is 317 g/mol. The molecule has 2 aliphatic heterocycles. The Kier molecular flexibility index (Phi) is 4.69. The first-order valence-electron chi connectivity index (χ1n) is 7.78. The Morgan fingerprint density at radius 2 is 2.00 bits per heavy atom. The summed E-state index contributed by atoms with van der Waals surface area (Å²) in [5, 5.41) is 0. The highest BCUT2D eigenvalue weighted by molar-refractivity contribution is 7.92. The summed E-state index contributed by atoms with van der Waals surface area (Å²) >= 11 is 0. The van der Waals surface area contributed by atoms with Crippen molar-refractivity contribution in [3.05, 3.63) is 0 Å². The topological polar surface area (TPSA) is 63.7 Å². The average molecular weight is 317 g/mol. The van der Waals surface area contributed by atoms with Crippen molar-refractivity contribution in [1.82, 2.24) is 4.90 Å². The molecule has 2 rings (SSSR count). The zero-order valence-electron chi connectivity index (χ0n) is 13.5. The second-order valence-corrected chi connectivity index (χ2v) is 9.91. The molecule has 2 fully saturated rings. The van der Waals surface area contributed by atoms with Crippen molar-refractivity contribution in [2.45, 2.75) is 51.4 Å². The average Bonchev–Trinajstić information content (AvgIpc) is 2.41. The molecule has 0 bridgehead atoms. The molecule has 2 aliphatic rings. The van der Waals surface area contributed by atoms with E-state index in [0.29, 0.717) is 19.1 Å². The van der Waals surface area contributed by atoms with Crippen LogP contribution in [0.2, 0.25) is 0 Å². The van der Waals surface area contributed by atoms with Crippen LogP contribution in [0.4, 0.5) is 0 Å². The lowest BCUT2D eigenvalue weighted by atomic mass is 9.86. The van der Waals surface area contributed by atoms with Crippen LogP contribution < -0.4 is 0 Å². The minimum absolute atomic E-state index is 0.0482. The van der Waals surface area contributed by atoms with Crippen molar-refractivity contribution in [3.8, 4) is 0 Å². The number of sulfone groups is 1. The molecule has 21 heavy (non-hydrogen) atoms. The number of carbonyl (C=O) groups excluding carboxylic acids is 1. The second-order valence-electron chi connectivity index (χ2n) is 7.17. The second kappa shape index (κ2) is 5.88. The van der Waals surface area contributed by atoms with Crippen LogP contribution in [0.3, 0.4) is 0 Å². The fraction of sp³-hybridized carbons (Fsp3) is 0.933. The smallest absolute Gasteiger partial charge is 0.228 e. The van der Waals surface area contributed by atoms with Gasteiger partial charge in [0.25, 0.3) is 0 Å². The van der Waals surface area contributed by atoms with Gasteiger partial charge in [0.1, 0.15) is 0 Å². The van der Waals surface area contributed by atoms with Crippen LogP contribution in [0.25, 0.3) is 0 Å². The van der Waals surface area contributed by atoms with E-state index in [2.05, 4.69) is 13.8 Å². The lowest BCUT2D eigenvalue weighted by Crippen LogP contribution is -2.57. The summed E-state index contributed by atoms with van der Waals surface area (Å²) in [4.78, 5) is 14.5. The SMILES string of the molecule is CC(C)[C@H]1OCCC[C@@H]1C(=O)N1CCS(=O)(=O)C(C)(C)C1. The highest BCUT2D eigenvalue weighted by atomic mass is 32.2. The van der Waals surface area contributed by atoms with Crippen molar-refractivity contribution >= 4 is 15.7 Å². The van der Waals surface area contributed by atoms with E-state index < -0.39 is 14.6 Å². The molecule has 0 spiro atoms. The summed E-state index contributed by atoms with van der Waals surface area (Å²) in [6, 6.07) is 0. The van der Waals surface area contributed by atoms with E-state index in [0.717, 1.165) is 12.8 Å². The fourth-order valence-electron chi connectivity index (χ4n) is 3.29. The van der Waals surface area contributed by atoms with Gasteiger partial charge in [0.05, 0.1) is 22.5 Å².